The molecule has 0 aliphatic heterocycles. The van der Waals surface area contributed by atoms with Crippen LogP contribution in [-0.2, 0) is 18.3 Å². The molecule has 0 saturated carbocycles. The summed E-state index contributed by atoms with van der Waals surface area (Å²) >= 11 is 0. The van der Waals surface area contributed by atoms with Gasteiger partial charge >= 0.3 is 7.60 Å². The SMILES string of the molecule is COP(=O)(CCC(C)OC(C)C)OC. The summed E-state index contributed by atoms with van der Waals surface area (Å²) in [5.74, 6) is 0. The Bertz CT molecular complexity index is 185. The lowest BCUT2D eigenvalue weighted by molar-refractivity contribution is 0.0168. The largest absolute Gasteiger partial charge is 0.376 e. The Kier molecular flexibility index (Phi) is 6.62. The predicted molar refractivity (Wildman–Crippen MR) is 56.8 cm³/mol. The lowest BCUT2D eigenvalue weighted by Gasteiger charge is -2.18. The molecule has 0 heterocycles. The van der Waals surface area contributed by atoms with E-state index < -0.39 is 7.60 Å². The van der Waals surface area contributed by atoms with E-state index in [1.165, 1.54) is 14.2 Å². The van der Waals surface area contributed by atoms with Crippen molar-refractivity contribution < 1.29 is 18.3 Å². The monoisotopic (exact) mass is 224 g/mol. The minimum atomic E-state index is -2.86. The second-order valence-electron chi connectivity index (χ2n) is 3.48. The number of ether oxygens (including phenoxy) is 1. The van der Waals surface area contributed by atoms with Crippen LogP contribution in [0.3, 0.4) is 0 Å². The van der Waals surface area contributed by atoms with Gasteiger partial charge < -0.3 is 13.8 Å². The molecule has 1 unspecified atom stereocenters. The molecule has 86 valence electrons. The van der Waals surface area contributed by atoms with Crippen molar-refractivity contribution in [3.05, 3.63) is 0 Å². The van der Waals surface area contributed by atoms with Crippen LogP contribution >= 0.6 is 7.60 Å². The van der Waals surface area contributed by atoms with Gasteiger partial charge in [-0.1, -0.05) is 0 Å². The van der Waals surface area contributed by atoms with Gasteiger partial charge in [-0.25, -0.2) is 0 Å². The van der Waals surface area contributed by atoms with E-state index in [1.54, 1.807) is 0 Å². The third-order valence-corrected chi connectivity index (χ3v) is 3.79. The molecular weight excluding hydrogens is 203 g/mol. The standard InChI is InChI=1S/C9H21O4P/c1-8(2)13-9(3)6-7-14(10,11-4)12-5/h8-9H,6-7H2,1-5H3. The Morgan fingerprint density at radius 1 is 1.14 bits per heavy atom. The average Bonchev–Trinajstić information content (AvgIpc) is 2.13. The summed E-state index contributed by atoms with van der Waals surface area (Å²) in [6, 6.07) is 0. The Hall–Kier alpha value is 0.110. The highest BCUT2D eigenvalue weighted by molar-refractivity contribution is 7.53. The van der Waals surface area contributed by atoms with Gasteiger partial charge in [-0.05, 0) is 27.2 Å². The summed E-state index contributed by atoms with van der Waals surface area (Å²) in [5.41, 5.74) is 0. The number of hydrogen-bond acceptors (Lipinski definition) is 4. The first-order chi connectivity index (χ1) is 6.43. The molecule has 0 amide bonds. The molecule has 0 aromatic heterocycles. The average molecular weight is 224 g/mol. The summed E-state index contributed by atoms with van der Waals surface area (Å²) in [6.07, 6.45) is 1.34. The smallest absolute Gasteiger partial charge is 0.330 e. The van der Waals surface area contributed by atoms with E-state index in [1.807, 2.05) is 20.8 Å². The van der Waals surface area contributed by atoms with E-state index >= 15 is 0 Å². The van der Waals surface area contributed by atoms with E-state index in [4.69, 9.17) is 13.8 Å². The molecule has 0 N–H and O–H groups in total. The summed E-state index contributed by atoms with van der Waals surface area (Å²) in [7, 11) is -0.0564. The minimum Gasteiger partial charge on any atom is -0.376 e. The maximum absolute atomic E-state index is 11.6. The first-order valence-corrected chi connectivity index (χ1v) is 6.52. The number of hydrogen-bond donors (Lipinski definition) is 0. The minimum absolute atomic E-state index is 0.0774. The predicted octanol–water partition coefficient (Wildman–Crippen LogP) is 2.68. The normalized spacial score (nSPS) is 14.7. The number of rotatable bonds is 7. The fourth-order valence-electron chi connectivity index (χ4n) is 1.13. The van der Waals surface area contributed by atoms with Gasteiger partial charge in [-0.2, -0.15) is 0 Å². The maximum atomic E-state index is 11.6. The topological polar surface area (TPSA) is 44.8 Å². The van der Waals surface area contributed by atoms with Gasteiger partial charge in [0.15, 0.2) is 0 Å². The van der Waals surface area contributed by atoms with Gasteiger partial charge in [0.1, 0.15) is 0 Å². The van der Waals surface area contributed by atoms with Crippen LogP contribution in [0.1, 0.15) is 27.2 Å². The first-order valence-electron chi connectivity index (χ1n) is 4.79. The van der Waals surface area contributed by atoms with Gasteiger partial charge in [0.05, 0.1) is 18.4 Å². The van der Waals surface area contributed by atoms with Crippen LogP contribution in [-0.4, -0.2) is 32.6 Å². The van der Waals surface area contributed by atoms with Gasteiger partial charge in [0.25, 0.3) is 0 Å². The molecule has 0 aromatic rings. The van der Waals surface area contributed by atoms with Gasteiger partial charge in [-0.15, -0.1) is 0 Å². The fourth-order valence-corrected chi connectivity index (χ4v) is 2.32. The van der Waals surface area contributed by atoms with Crippen LogP contribution in [0.5, 0.6) is 0 Å². The fraction of sp³-hybridized carbons (Fsp3) is 1.00. The highest BCUT2D eigenvalue weighted by atomic mass is 31.2. The Labute approximate surface area is 86.5 Å². The van der Waals surface area contributed by atoms with Crippen LogP contribution < -0.4 is 0 Å². The molecule has 0 aromatic carbocycles. The van der Waals surface area contributed by atoms with Crippen molar-refractivity contribution >= 4 is 7.60 Å². The highest BCUT2D eigenvalue weighted by Crippen LogP contribution is 2.47. The quantitative estimate of drug-likeness (QED) is 0.623. The van der Waals surface area contributed by atoms with Crippen molar-refractivity contribution in [2.75, 3.05) is 20.4 Å². The third kappa shape index (κ3) is 5.76. The van der Waals surface area contributed by atoms with E-state index in [0.29, 0.717) is 12.6 Å². The van der Waals surface area contributed by atoms with Crippen LogP contribution in [0, 0.1) is 0 Å². The van der Waals surface area contributed by atoms with Crippen LogP contribution in [0.2, 0.25) is 0 Å². The lowest BCUT2D eigenvalue weighted by Crippen LogP contribution is -2.15. The van der Waals surface area contributed by atoms with Gasteiger partial charge in [0.2, 0.25) is 0 Å². The van der Waals surface area contributed by atoms with Crippen molar-refractivity contribution in [2.45, 2.75) is 39.4 Å². The third-order valence-electron chi connectivity index (χ3n) is 1.87. The molecule has 0 bridgehead atoms. The molecule has 0 rings (SSSR count). The van der Waals surface area contributed by atoms with Crippen molar-refractivity contribution in [3.63, 3.8) is 0 Å². The van der Waals surface area contributed by atoms with Crippen molar-refractivity contribution in [2.24, 2.45) is 0 Å². The zero-order valence-corrected chi connectivity index (χ0v) is 10.5. The summed E-state index contributed by atoms with van der Waals surface area (Å²) in [5, 5.41) is 0. The summed E-state index contributed by atoms with van der Waals surface area (Å²) < 4.78 is 26.8. The van der Waals surface area contributed by atoms with E-state index in [2.05, 4.69) is 0 Å². The first kappa shape index (κ1) is 14.1. The zero-order chi connectivity index (χ0) is 11.2. The summed E-state index contributed by atoms with van der Waals surface area (Å²) in [4.78, 5) is 0. The van der Waals surface area contributed by atoms with Crippen molar-refractivity contribution in [3.8, 4) is 0 Å². The molecule has 0 fully saturated rings. The maximum Gasteiger partial charge on any atom is 0.330 e. The Morgan fingerprint density at radius 3 is 2.00 bits per heavy atom. The van der Waals surface area contributed by atoms with Crippen LogP contribution in [0.4, 0.5) is 0 Å². The lowest BCUT2D eigenvalue weighted by atomic mass is 10.3. The molecule has 1 atom stereocenters. The van der Waals surface area contributed by atoms with E-state index in [-0.39, 0.29) is 12.2 Å². The molecule has 0 radical (unpaired) electrons. The second kappa shape index (κ2) is 6.57. The zero-order valence-electron chi connectivity index (χ0n) is 9.65. The highest BCUT2D eigenvalue weighted by Gasteiger charge is 2.22. The molecular formula is C9H21O4P. The second-order valence-corrected chi connectivity index (χ2v) is 5.88. The van der Waals surface area contributed by atoms with E-state index in [9.17, 15) is 4.57 Å². The Morgan fingerprint density at radius 2 is 1.64 bits per heavy atom. The van der Waals surface area contributed by atoms with Crippen molar-refractivity contribution in [1.29, 1.82) is 0 Å². The van der Waals surface area contributed by atoms with Crippen molar-refractivity contribution in [1.82, 2.24) is 0 Å². The molecule has 5 heteroatoms. The molecule has 0 aliphatic rings. The molecule has 0 spiro atoms. The Balaban J connectivity index is 3.86. The van der Waals surface area contributed by atoms with Gasteiger partial charge in [-0.3, -0.25) is 4.57 Å². The molecule has 4 nitrogen and oxygen atoms in total. The summed E-state index contributed by atoms with van der Waals surface area (Å²) in [6.45, 7) is 5.90. The van der Waals surface area contributed by atoms with E-state index in [0.717, 1.165) is 0 Å². The van der Waals surface area contributed by atoms with Crippen LogP contribution in [0.15, 0.2) is 0 Å². The van der Waals surface area contributed by atoms with Crippen LogP contribution in [0.25, 0.3) is 0 Å². The van der Waals surface area contributed by atoms with Gasteiger partial charge in [0, 0.05) is 14.2 Å². The molecule has 0 saturated heterocycles. The molecule has 0 aliphatic carbocycles. The molecule has 14 heavy (non-hydrogen) atoms.